The van der Waals surface area contributed by atoms with Crippen LogP contribution in [-0.2, 0) is 11.3 Å². The van der Waals surface area contributed by atoms with Gasteiger partial charge in [-0.05, 0) is 48.9 Å². The van der Waals surface area contributed by atoms with Crippen LogP contribution in [0.25, 0.3) is 0 Å². The van der Waals surface area contributed by atoms with Crippen molar-refractivity contribution in [3.05, 3.63) is 59.2 Å². The molecule has 0 bridgehead atoms. The minimum atomic E-state index is -0.0583. The van der Waals surface area contributed by atoms with Crippen LogP contribution in [0.2, 0.25) is 0 Å². The Bertz CT molecular complexity index is 902. The Kier molecular flexibility index (Phi) is 5.53. The number of amides is 2. The smallest absolute Gasteiger partial charge is 0.265 e. The summed E-state index contributed by atoms with van der Waals surface area (Å²) in [6, 6.07) is 13.5. The summed E-state index contributed by atoms with van der Waals surface area (Å²) in [4.78, 5) is 31.2. The average molecular weight is 393 g/mol. The molecule has 6 heteroatoms. The van der Waals surface area contributed by atoms with Gasteiger partial charge in [-0.1, -0.05) is 25.1 Å². The molecule has 0 N–H and O–H groups in total. The van der Waals surface area contributed by atoms with Crippen LogP contribution in [0.5, 0.6) is 5.75 Å². The molecule has 0 atom stereocenters. The van der Waals surface area contributed by atoms with E-state index < -0.39 is 0 Å². The number of anilines is 1. The van der Waals surface area contributed by atoms with Gasteiger partial charge in [-0.15, -0.1) is 0 Å². The first-order chi connectivity index (χ1) is 14.0. The number of fused-ring (bicyclic) bond motifs is 1. The third kappa shape index (κ3) is 4.12. The Hall–Kier alpha value is -2.86. The third-order valence-corrected chi connectivity index (χ3v) is 5.71. The molecule has 6 nitrogen and oxygen atoms in total. The van der Waals surface area contributed by atoms with Crippen LogP contribution in [0.15, 0.2) is 42.5 Å². The number of nitrogens with zero attached hydrogens (tertiary/aromatic N) is 3. The van der Waals surface area contributed by atoms with Crippen molar-refractivity contribution < 1.29 is 14.3 Å². The zero-order valence-electron chi connectivity index (χ0n) is 17.1. The average Bonchev–Trinajstić information content (AvgIpc) is 2.76. The summed E-state index contributed by atoms with van der Waals surface area (Å²) in [6.07, 6.45) is 0. The number of carbonyl (C=O) groups excluding carboxylic acids is 2. The molecule has 4 rings (SSSR count). The molecule has 0 saturated carbocycles. The van der Waals surface area contributed by atoms with Crippen LogP contribution in [0.1, 0.15) is 28.4 Å². The predicted molar refractivity (Wildman–Crippen MR) is 112 cm³/mol. The normalized spacial score (nSPS) is 17.1. The zero-order valence-corrected chi connectivity index (χ0v) is 17.1. The van der Waals surface area contributed by atoms with Gasteiger partial charge in [0.2, 0.25) is 0 Å². The van der Waals surface area contributed by atoms with Crippen LogP contribution in [-0.4, -0.2) is 60.9 Å². The number of benzene rings is 2. The fraction of sp³-hybridized carbons (Fsp3) is 0.391. The first kappa shape index (κ1) is 19.5. The summed E-state index contributed by atoms with van der Waals surface area (Å²) in [7, 11) is 0. The summed E-state index contributed by atoms with van der Waals surface area (Å²) in [6.45, 7) is 9.09. The molecule has 0 aromatic heterocycles. The highest BCUT2D eigenvalue weighted by Crippen LogP contribution is 2.33. The van der Waals surface area contributed by atoms with Crippen molar-refractivity contribution >= 4 is 17.5 Å². The highest BCUT2D eigenvalue weighted by molar-refractivity contribution is 5.98. The van der Waals surface area contributed by atoms with Crippen molar-refractivity contribution in [2.75, 3.05) is 44.2 Å². The van der Waals surface area contributed by atoms with Crippen LogP contribution in [0, 0.1) is 6.92 Å². The minimum Gasteiger partial charge on any atom is -0.482 e. The number of carbonyl (C=O) groups is 2. The molecule has 1 saturated heterocycles. The van der Waals surface area contributed by atoms with E-state index in [4.69, 9.17) is 4.74 Å². The molecule has 0 unspecified atom stereocenters. The van der Waals surface area contributed by atoms with Gasteiger partial charge in [-0.2, -0.15) is 0 Å². The van der Waals surface area contributed by atoms with Crippen LogP contribution < -0.4 is 9.64 Å². The molecule has 0 radical (unpaired) electrons. The van der Waals surface area contributed by atoms with E-state index >= 15 is 0 Å². The quantitative estimate of drug-likeness (QED) is 0.802. The highest BCUT2D eigenvalue weighted by Gasteiger charge is 2.26. The number of rotatable bonds is 4. The molecular weight excluding hydrogens is 366 g/mol. The van der Waals surface area contributed by atoms with E-state index in [1.54, 1.807) is 4.90 Å². The minimum absolute atomic E-state index is 0.0520. The molecule has 2 aromatic rings. The van der Waals surface area contributed by atoms with Gasteiger partial charge in [0, 0.05) is 31.7 Å². The van der Waals surface area contributed by atoms with Gasteiger partial charge >= 0.3 is 0 Å². The van der Waals surface area contributed by atoms with Gasteiger partial charge < -0.3 is 19.4 Å². The van der Waals surface area contributed by atoms with Crippen molar-refractivity contribution in [2.24, 2.45) is 0 Å². The SMILES string of the molecule is CCN1CCN(C(=O)c2ccc(CN3C(=O)COc4ccc(C)cc43)cc2)CC1. The molecule has 2 heterocycles. The predicted octanol–water partition coefficient (Wildman–Crippen LogP) is 2.70. The van der Waals surface area contributed by atoms with Gasteiger partial charge in [0.05, 0.1) is 12.2 Å². The summed E-state index contributed by atoms with van der Waals surface area (Å²) in [5.41, 5.74) is 3.56. The number of hydrogen-bond acceptors (Lipinski definition) is 4. The third-order valence-electron chi connectivity index (χ3n) is 5.71. The fourth-order valence-electron chi connectivity index (χ4n) is 3.87. The molecule has 1 fully saturated rings. The second-order valence-electron chi connectivity index (χ2n) is 7.66. The van der Waals surface area contributed by atoms with E-state index in [2.05, 4.69) is 11.8 Å². The van der Waals surface area contributed by atoms with E-state index in [-0.39, 0.29) is 18.4 Å². The lowest BCUT2D eigenvalue weighted by molar-refractivity contribution is -0.121. The van der Waals surface area contributed by atoms with Crippen LogP contribution >= 0.6 is 0 Å². The zero-order chi connectivity index (χ0) is 20.4. The molecule has 29 heavy (non-hydrogen) atoms. The van der Waals surface area contributed by atoms with Gasteiger partial charge in [-0.3, -0.25) is 9.59 Å². The van der Waals surface area contributed by atoms with Crippen molar-refractivity contribution in [1.82, 2.24) is 9.80 Å². The summed E-state index contributed by atoms with van der Waals surface area (Å²) in [5.74, 6) is 0.751. The molecule has 2 aliphatic heterocycles. The lowest BCUT2D eigenvalue weighted by Gasteiger charge is -2.34. The molecular formula is C23H27N3O3. The topological polar surface area (TPSA) is 53.1 Å². The molecule has 0 aliphatic carbocycles. The lowest BCUT2D eigenvalue weighted by atomic mass is 10.1. The van der Waals surface area contributed by atoms with E-state index in [1.165, 1.54) is 0 Å². The number of piperazine rings is 1. The van der Waals surface area contributed by atoms with Gasteiger partial charge in [-0.25, -0.2) is 0 Å². The Morgan fingerprint density at radius 3 is 2.45 bits per heavy atom. The van der Waals surface area contributed by atoms with Gasteiger partial charge in [0.1, 0.15) is 5.75 Å². The maximum Gasteiger partial charge on any atom is 0.265 e. The second kappa shape index (κ2) is 8.25. The maximum atomic E-state index is 12.8. The Morgan fingerprint density at radius 2 is 1.76 bits per heavy atom. The van der Waals surface area contributed by atoms with Crippen molar-refractivity contribution in [3.8, 4) is 5.75 Å². The molecule has 0 spiro atoms. The molecule has 2 aromatic carbocycles. The lowest BCUT2D eigenvalue weighted by Crippen LogP contribution is -2.48. The van der Waals surface area contributed by atoms with Crippen molar-refractivity contribution in [1.29, 1.82) is 0 Å². The summed E-state index contributed by atoms with van der Waals surface area (Å²) >= 11 is 0. The van der Waals surface area contributed by atoms with E-state index in [9.17, 15) is 9.59 Å². The van der Waals surface area contributed by atoms with E-state index in [0.29, 0.717) is 12.1 Å². The molecule has 2 aliphatic rings. The number of aryl methyl sites for hydroxylation is 1. The Balaban J connectivity index is 1.46. The van der Waals surface area contributed by atoms with Crippen LogP contribution in [0.4, 0.5) is 5.69 Å². The number of ether oxygens (including phenoxy) is 1. The monoisotopic (exact) mass is 393 g/mol. The first-order valence-electron chi connectivity index (χ1n) is 10.2. The number of hydrogen-bond donors (Lipinski definition) is 0. The van der Waals surface area contributed by atoms with Crippen LogP contribution in [0.3, 0.4) is 0 Å². The number of likely N-dealkylation sites (N-methyl/N-ethyl adjacent to an activating group) is 1. The Morgan fingerprint density at radius 1 is 1.03 bits per heavy atom. The summed E-state index contributed by atoms with van der Waals surface area (Å²) in [5, 5.41) is 0. The fourth-order valence-corrected chi connectivity index (χ4v) is 3.87. The van der Waals surface area contributed by atoms with Crippen molar-refractivity contribution in [3.63, 3.8) is 0 Å². The summed E-state index contributed by atoms with van der Waals surface area (Å²) < 4.78 is 5.55. The maximum absolute atomic E-state index is 12.8. The standard InChI is InChI=1S/C23H27N3O3/c1-3-24-10-12-25(13-11-24)23(28)19-7-5-18(6-8-19)15-26-20-14-17(2)4-9-21(20)29-16-22(26)27/h4-9,14H,3,10-13,15-16H2,1-2H3. The second-order valence-corrected chi connectivity index (χ2v) is 7.66. The first-order valence-corrected chi connectivity index (χ1v) is 10.2. The largest absolute Gasteiger partial charge is 0.482 e. The van der Waals surface area contributed by atoms with Gasteiger partial charge in [0.15, 0.2) is 6.61 Å². The van der Waals surface area contributed by atoms with Crippen molar-refractivity contribution in [2.45, 2.75) is 20.4 Å². The van der Waals surface area contributed by atoms with E-state index in [1.807, 2.05) is 54.3 Å². The Labute approximate surface area is 171 Å². The highest BCUT2D eigenvalue weighted by atomic mass is 16.5. The molecule has 152 valence electrons. The van der Waals surface area contributed by atoms with Gasteiger partial charge in [0.25, 0.3) is 11.8 Å². The molecule has 2 amide bonds. The van der Waals surface area contributed by atoms with E-state index in [0.717, 1.165) is 55.3 Å².